The molecule has 0 aliphatic heterocycles. The van der Waals surface area contributed by atoms with Crippen LogP contribution in [0, 0.1) is 0 Å². The quantitative estimate of drug-likeness (QED) is 0.0850. The highest BCUT2D eigenvalue weighted by atomic mass is 28.3. The predicted octanol–water partition coefficient (Wildman–Crippen LogP) is 22.4. The van der Waals surface area contributed by atoms with Crippen LogP contribution in [0.25, 0.3) is 21.5 Å². The Labute approximate surface area is 491 Å². The summed E-state index contributed by atoms with van der Waals surface area (Å²) in [6, 6.07) is 45.6. The minimum atomic E-state index is -1.92. The van der Waals surface area contributed by atoms with Gasteiger partial charge in [0.15, 0.2) is 0 Å². The lowest BCUT2D eigenvalue weighted by atomic mass is 9.79. The predicted molar refractivity (Wildman–Crippen MR) is 366 cm³/mol. The van der Waals surface area contributed by atoms with Crippen LogP contribution in [-0.4, -0.2) is 16.1 Å². The highest BCUT2D eigenvalue weighted by Crippen LogP contribution is 2.54. The third-order valence-electron chi connectivity index (χ3n) is 16.9. The summed E-state index contributed by atoms with van der Waals surface area (Å²) in [7, 11) is -3.79. The summed E-state index contributed by atoms with van der Waals surface area (Å²) in [6.45, 7) is 72.3. The van der Waals surface area contributed by atoms with Gasteiger partial charge >= 0.3 is 0 Å². The molecule has 0 amide bonds. The van der Waals surface area contributed by atoms with Gasteiger partial charge in [-0.3, -0.25) is 0 Å². The van der Waals surface area contributed by atoms with E-state index in [4.69, 9.17) is 0 Å². The van der Waals surface area contributed by atoms with Gasteiger partial charge < -0.3 is 9.80 Å². The Morgan fingerprint density at radius 1 is 0.225 bits per heavy atom. The van der Waals surface area contributed by atoms with Crippen molar-refractivity contribution in [1.29, 1.82) is 0 Å². The highest BCUT2D eigenvalue weighted by molar-refractivity contribution is 6.89. The molecule has 7 aromatic carbocycles. The number of benzene rings is 7. The largest absolute Gasteiger partial charge is 0.309 e. The first-order valence-corrected chi connectivity index (χ1v) is 37.2. The van der Waals surface area contributed by atoms with Crippen LogP contribution in [0.2, 0.25) is 39.3 Å². The topological polar surface area (TPSA) is 6.48 Å². The van der Waals surface area contributed by atoms with Crippen molar-refractivity contribution in [3.05, 3.63) is 154 Å². The number of hydrogen-bond acceptors (Lipinski definition) is 2. The van der Waals surface area contributed by atoms with Crippen LogP contribution in [0.5, 0.6) is 0 Å². The Kier molecular flexibility index (Phi) is 16.0. The van der Waals surface area contributed by atoms with Crippen LogP contribution in [0.15, 0.2) is 109 Å². The molecule has 0 fully saturated rings. The molecule has 0 bridgehead atoms. The van der Waals surface area contributed by atoms with Crippen molar-refractivity contribution >= 4 is 82.2 Å². The molecule has 0 aromatic heterocycles. The number of fused-ring (bicyclic) bond motifs is 2. The minimum Gasteiger partial charge on any atom is -0.309 e. The van der Waals surface area contributed by atoms with E-state index in [1.807, 2.05) is 0 Å². The van der Waals surface area contributed by atoms with Crippen LogP contribution in [0.3, 0.4) is 0 Å². The first-order chi connectivity index (χ1) is 36.0. The average Bonchev–Trinajstić information content (AvgIpc) is 3.28. The van der Waals surface area contributed by atoms with Crippen molar-refractivity contribution in [1.82, 2.24) is 0 Å². The zero-order chi connectivity index (χ0) is 60.4. The van der Waals surface area contributed by atoms with Crippen LogP contribution in [0.4, 0.5) is 34.1 Å². The zero-order valence-electron chi connectivity index (χ0n) is 56.3. The van der Waals surface area contributed by atoms with E-state index in [0.717, 1.165) is 0 Å². The second-order valence-corrected chi connectivity index (χ2v) is 44.6. The zero-order valence-corrected chi connectivity index (χ0v) is 58.3. The smallest absolute Gasteiger partial charge is 0.0777 e. The van der Waals surface area contributed by atoms with Crippen LogP contribution in [0.1, 0.15) is 211 Å². The summed E-state index contributed by atoms with van der Waals surface area (Å²) >= 11 is 0. The van der Waals surface area contributed by atoms with Gasteiger partial charge in [-0.1, -0.05) is 270 Å². The second kappa shape index (κ2) is 20.5. The molecule has 0 N–H and O–H groups in total. The van der Waals surface area contributed by atoms with E-state index in [9.17, 15) is 0 Å². The van der Waals surface area contributed by atoms with Gasteiger partial charge in [-0.05, 0) is 142 Å². The Morgan fingerprint density at radius 2 is 0.475 bits per heavy atom. The molecule has 430 valence electrons. The molecule has 0 aliphatic carbocycles. The van der Waals surface area contributed by atoms with E-state index in [-0.39, 0.29) is 43.3 Å². The molecule has 0 saturated carbocycles. The standard InChI is InChI=1S/C76H108N2Si2/c1-69(2,3)49-31-33-63-65(46-49)67(77(57-38-50(70(4,5)6)35-51(39-57)71(7,8)9)58-40-52(72(10,11)12)36-53(41-58)73(13,14)15)64-34-32-61(79(25,26)27)48-66(64)68(63)78(59-42-54(74(16,17)18)37-55(43-59)75(19,20)21)60-44-56(76(22,23)24)45-62(47-60)80(28,29)30/h31-48H,1-30H3. The normalized spacial score (nSPS) is 13.9. The third-order valence-corrected chi connectivity index (χ3v) is 20.9. The van der Waals surface area contributed by atoms with E-state index in [1.54, 1.807) is 0 Å². The van der Waals surface area contributed by atoms with E-state index in [0.29, 0.717) is 0 Å². The van der Waals surface area contributed by atoms with E-state index >= 15 is 0 Å². The lowest BCUT2D eigenvalue weighted by Crippen LogP contribution is -2.39. The molecule has 0 saturated heterocycles. The Morgan fingerprint density at radius 3 is 0.750 bits per heavy atom. The first-order valence-electron chi connectivity index (χ1n) is 30.2. The summed E-state index contributed by atoms with van der Waals surface area (Å²) in [5, 5.41) is 7.96. The Bertz CT molecular complexity index is 2950. The number of nitrogens with zero attached hydrogens (tertiary/aromatic N) is 2. The maximum atomic E-state index is 2.74. The molecule has 0 unspecified atom stereocenters. The molecular formula is C76H108N2Si2. The van der Waals surface area contributed by atoms with Crippen molar-refractivity contribution in [2.45, 2.75) is 249 Å². The van der Waals surface area contributed by atoms with Crippen molar-refractivity contribution in [2.24, 2.45) is 0 Å². The summed E-state index contributed by atoms with van der Waals surface area (Å²) in [6.07, 6.45) is 0. The van der Waals surface area contributed by atoms with E-state index in [2.05, 4.69) is 324 Å². The highest BCUT2D eigenvalue weighted by Gasteiger charge is 2.34. The van der Waals surface area contributed by atoms with Gasteiger partial charge in [0.2, 0.25) is 0 Å². The summed E-state index contributed by atoms with van der Waals surface area (Å²) in [5.41, 5.74) is 17.2. The third kappa shape index (κ3) is 13.3. The average molecular weight is 1110 g/mol. The fourth-order valence-electron chi connectivity index (χ4n) is 10.8. The molecular weight excluding hydrogens is 997 g/mol. The van der Waals surface area contributed by atoms with Gasteiger partial charge in [0.1, 0.15) is 0 Å². The maximum absolute atomic E-state index is 2.74. The SMILES string of the molecule is CC(C)(C)c1cc(N(c2cc(C(C)(C)C)cc(C(C)(C)C)c2)c2c3ccc([Si](C)(C)C)cc3c(N(c3cc(C(C)(C)C)cc(C(C)(C)C)c3)c3cc(C(C)(C)C)cc([Si](C)(C)C)c3)c3ccc(C(C)(C)C)cc23)cc(C(C)(C)C)c1. The van der Waals surface area contributed by atoms with Gasteiger partial charge in [0.05, 0.1) is 27.5 Å². The number of rotatable bonds is 8. The van der Waals surface area contributed by atoms with Gasteiger partial charge in [-0.15, -0.1) is 0 Å². The molecule has 80 heavy (non-hydrogen) atoms. The first kappa shape index (κ1) is 62.7. The fraction of sp³-hybridized carbons (Fsp3) is 0.500. The van der Waals surface area contributed by atoms with Crippen molar-refractivity contribution in [3.8, 4) is 0 Å². The lowest BCUT2D eigenvalue weighted by molar-refractivity contribution is 0.567. The van der Waals surface area contributed by atoms with Crippen molar-refractivity contribution in [3.63, 3.8) is 0 Å². The van der Waals surface area contributed by atoms with Crippen LogP contribution < -0.4 is 20.2 Å². The molecule has 4 heteroatoms. The Balaban J connectivity index is 1.90. The van der Waals surface area contributed by atoms with E-state index < -0.39 is 16.1 Å². The van der Waals surface area contributed by atoms with Gasteiger partial charge in [0.25, 0.3) is 0 Å². The summed E-state index contributed by atoms with van der Waals surface area (Å²) < 4.78 is 0. The van der Waals surface area contributed by atoms with Crippen molar-refractivity contribution < 1.29 is 0 Å². The maximum Gasteiger partial charge on any atom is 0.0777 e. The van der Waals surface area contributed by atoms with Crippen molar-refractivity contribution in [2.75, 3.05) is 9.80 Å². The van der Waals surface area contributed by atoms with Gasteiger partial charge in [-0.25, -0.2) is 0 Å². The molecule has 0 spiro atoms. The molecule has 0 atom stereocenters. The van der Waals surface area contributed by atoms with Gasteiger partial charge in [0, 0.05) is 44.3 Å². The summed E-state index contributed by atoms with van der Waals surface area (Å²) in [4.78, 5) is 5.46. The molecule has 7 rings (SSSR count). The number of anilines is 6. The minimum absolute atomic E-state index is 0.0813. The lowest BCUT2D eigenvalue weighted by Gasteiger charge is -2.37. The monoisotopic (exact) mass is 1100 g/mol. The second-order valence-electron chi connectivity index (χ2n) is 34.5. The molecule has 0 radical (unpaired) electrons. The molecule has 7 aromatic rings. The van der Waals surface area contributed by atoms with Gasteiger partial charge in [-0.2, -0.15) is 0 Å². The number of hydrogen-bond donors (Lipinski definition) is 0. The fourth-order valence-corrected chi connectivity index (χ4v) is 13.2. The summed E-state index contributed by atoms with van der Waals surface area (Å²) in [5.74, 6) is 0. The van der Waals surface area contributed by atoms with Crippen LogP contribution >= 0.6 is 0 Å². The Hall–Kier alpha value is -4.91. The molecule has 0 heterocycles. The molecule has 2 nitrogen and oxygen atoms in total. The molecule has 0 aliphatic rings. The van der Waals surface area contributed by atoms with Crippen LogP contribution in [-0.2, 0) is 43.3 Å². The van der Waals surface area contributed by atoms with E-state index in [1.165, 1.54) is 111 Å².